The summed E-state index contributed by atoms with van der Waals surface area (Å²) in [5.41, 5.74) is 3.78. The van der Waals surface area contributed by atoms with Crippen LogP contribution in [0.1, 0.15) is 36.8 Å². The third kappa shape index (κ3) is 4.11. The molecule has 4 heteroatoms. The van der Waals surface area contributed by atoms with Gasteiger partial charge in [0.15, 0.2) is 0 Å². The zero-order chi connectivity index (χ0) is 15.2. The van der Waals surface area contributed by atoms with Gasteiger partial charge < -0.3 is 5.32 Å². The summed E-state index contributed by atoms with van der Waals surface area (Å²) in [5.74, 6) is 1.08. The van der Waals surface area contributed by atoms with Crippen molar-refractivity contribution >= 4 is 11.8 Å². The summed E-state index contributed by atoms with van der Waals surface area (Å²) < 4.78 is 2.08. The van der Waals surface area contributed by atoms with E-state index in [1.807, 2.05) is 11.8 Å². The molecule has 114 valence electrons. The van der Waals surface area contributed by atoms with Gasteiger partial charge in [-0.15, -0.1) is 11.8 Å². The molecular formula is C17H25N3S. The summed E-state index contributed by atoms with van der Waals surface area (Å²) in [7, 11) is 0. The lowest BCUT2D eigenvalue weighted by atomic mass is 10.1. The number of benzene rings is 1. The molecule has 1 aromatic heterocycles. The summed E-state index contributed by atoms with van der Waals surface area (Å²) in [4.78, 5) is 1.33. The van der Waals surface area contributed by atoms with Crippen LogP contribution in [-0.4, -0.2) is 22.1 Å². The van der Waals surface area contributed by atoms with Gasteiger partial charge in [0.1, 0.15) is 0 Å². The van der Waals surface area contributed by atoms with Crippen LogP contribution in [0.4, 0.5) is 0 Å². The van der Waals surface area contributed by atoms with E-state index in [0.717, 1.165) is 24.5 Å². The van der Waals surface area contributed by atoms with E-state index in [4.69, 9.17) is 0 Å². The van der Waals surface area contributed by atoms with Gasteiger partial charge in [0.2, 0.25) is 0 Å². The van der Waals surface area contributed by atoms with E-state index in [-0.39, 0.29) is 0 Å². The Labute approximate surface area is 132 Å². The molecule has 0 aliphatic rings. The fraction of sp³-hybridized carbons (Fsp3) is 0.471. The Hall–Kier alpha value is -1.26. The van der Waals surface area contributed by atoms with E-state index in [0.29, 0.717) is 6.04 Å². The molecule has 0 aliphatic carbocycles. The number of nitrogens with one attached hydrogen (secondary N) is 1. The van der Waals surface area contributed by atoms with E-state index in [1.54, 1.807) is 0 Å². The van der Waals surface area contributed by atoms with Crippen LogP contribution < -0.4 is 5.32 Å². The minimum atomic E-state index is 0.349. The second-order valence-corrected chi connectivity index (χ2v) is 6.41. The van der Waals surface area contributed by atoms with Crippen molar-refractivity contribution in [2.24, 2.45) is 0 Å². The summed E-state index contributed by atoms with van der Waals surface area (Å²) in [6, 6.07) is 10.9. The van der Waals surface area contributed by atoms with Crippen molar-refractivity contribution in [2.45, 2.75) is 45.2 Å². The second kappa shape index (κ2) is 7.66. The van der Waals surface area contributed by atoms with E-state index < -0.39 is 0 Å². The summed E-state index contributed by atoms with van der Waals surface area (Å²) in [6.07, 6.45) is 0. The van der Waals surface area contributed by atoms with Crippen molar-refractivity contribution in [1.29, 1.82) is 0 Å². The predicted octanol–water partition coefficient (Wildman–Crippen LogP) is 3.96. The monoisotopic (exact) mass is 303 g/mol. The van der Waals surface area contributed by atoms with Crippen LogP contribution >= 0.6 is 11.8 Å². The number of aryl methyl sites for hydroxylation is 2. The predicted molar refractivity (Wildman–Crippen MR) is 91.0 cm³/mol. The van der Waals surface area contributed by atoms with Crippen LogP contribution in [0.25, 0.3) is 0 Å². The second-order valence-electron chi connectivity index (χ2n) is 5.24. The molecule has 0 spiro atoms. The smallest absolute Gasteiger partial charge is 0.0644 e. The Balaban J connectivity index is 1.85. The fourth-order valence-corrected chi connectivity index (χ4v) is 3.51. The molecule has 1 heterocycles. The quantitative estimate of drug-likeness (QED) is 0.620. The summed E-state index contributed by atoms with van der Waals surface area (Å²) in [6.45, 7) is 10.6. The minimum absolute atomic E-state index is 0.349. The highest BCUT2D eigenvalue weighted by molar-refractivity contribution is 7.99. The van der Waals surface area contributed by atoms with Crippen molar-refractivity contribution in [1.82, 2.24) is 15.1 Å². The van der Waals surface area contributed by atoms with E-state index in [9.17, 15) is 0 Å². The topological polar surface area (TPSA) is 29.9 Å². The minimum Gasteiger partial charge on any atom is -0.309 e. The largest absolute Gasteiger partial charge is 0.309 e. The number of nitrogens with zero attached hydrogens (tertiary/aromatic N) is 2. The van der Waals surface area contributed by atoms with E-state index >= 15 is 0 Å². The third-order valence-electron chi connectivity index (χ3n) is 3.73. The first kappa shape index (κ1) is 16.1. The zero-order valence-electron chi connectivity index (χ0n) is 13.4. The maximum atomic E-state index is 4.60. The van der Waals surface area contributed by atoms with E-state index in [2.05, 4.69) is 73.1 Å². The lowest BCUT2D eigenvalue weighted by Gasteiger charge is -2.14. The van der Waals surface area contributed by atoms with Gasteiger partial charge in [0, 0.05) is 41.0 Å². The highest BCUT2D eigenvalue weighted by atomic mass is 32.2. The molecule has 2 rings (SSSR count). The first-order chi connectivity index (χ1) is 10.1. The molecule has 0 bridgehead atoms. The van der Waals surface area contributed by atoms with Crippen molar-refractivity contribution in [3.8, 4) is 0 Å². The molecule has 0 aliphatic heterocycles. The summed E-state index contributed by atoms with van der Waals surface area (Å²) >= 11 is 1.89. The van der Waals surface area contributed by atoms with Crippen LogP contribution in [0.15, 0.2) is 35.2 Å². The van der Waals surface area contributed by atoms with Gasteiger partial charge in [-0.1, -0.05) is 18.2 Å². The van der Waals surface area contributed by atoms with Crippen molar-refractivity contribution in [3.05, 3.63) is 47.3 Å². The molecule has 3 nitrogen and oxygen atoms in total. The molecule has 21 heavy (non-hydrogen) atoms. The van der Waals surface area contributed by atoms with Crippen molar-refractivity contribution in [3.63, 3.8) is 0 Å². The SMILES string of the molecule is CCn1nc(C)c(C(C)NCCSc2ccccc2)c1C. The molecule has 1 unspecified atom stereocenters. The maximum Gasteiger partial charge on any atom is 0.0644 e. The number of thioether (sulfide) groups is 1. The standard InChI is InChI=1S/C17H25N3S/c1-5-20-15(4)17(14(3)19-20)13(2)18-11-12-21-16-9-7-6-8-10-16/h6-10,13,18H,5,11-12H2,1-4H3. The molecule has 0 radical (unpaired) electrons. The average molecular weight is 303 g/mol. The third-order valence-corrected chi connectivity index (χ3v) is 4.75. The highest BCUT2D eigenvalue weighted by Gasteiger charge is 2.16. The first-order valence-corrected chi connectivity index (χ1v) is 8.57. The molecule has 0 saturated heterocycles. The Bertz CT molecular complexity index is 563. The molecule has 2 aromatic rings. The maximum absolute atomic E-state index is 4.60. The highest BCUT2D eigenvalue weighted by Crippen LogP contribution is 2.22. The number of aromatic nitrogens is 2. The fourth-order valence-electron chi connectivity index (χ4n) is 2.71. The Kier molecular flexibility index (Phi) is 5.88. The Morgan fingerprint density at radius 2 is 1.95 bits per heavy atom. The lowest BCUT2D eigenvalue weighted by Crippen LogP contribution is -2.22. The van der Waals surface area contributed by atoms with Crippen LogP contribution in [0.2, 0.25) is 0 Å². The summed E-state index contributed by atoms with van der Waals surface area (Å²) in [5, 5.41) is 8.21. The number of rotatable bonds is 7. The number of hydrogen-bond acceptors (Lipinski definition) is 3. The first-order valence-electron chi connectivity index (χ1n) is 7.58. The van der Waals surface area contributed by atoms with Crippen LogP contribution in [-0.2, 0) is 6.54 Å². The van der Waals surface area contributed by atoms with Gasteiger partial charge in [-0.2, -0.15) is 5.10 Å². The molecule has 1 N–H and O–H groups in total. The van der Waals surface area contributed by atoms with Crippen LogP contribution in [0.5, 0.6) is 0 Å². The number of hydrogen-bond donors (Lipinski definition) is 1. The molecule has 1 aromatic carbocycles. The molecule has 1 atom stereocenters. The Morgan fingerprint density at radius 3 is 2.57 bits per heavy atom. The van der Waals surface area contributed by atoms with Gasteiger partial charge in [-0.05, 0) is 39.8 Å². The molecular weight excluding hydrogens is 278 g/mol. The van der Waals surface area contributed by atoms with Crippen LogP contribution in [0.3, 0.4) is 0 Å². The lowest BCUT2D eigenvalue weighted by molar-refractivity contribution is 0.590. The van der Waals surface area contributed by atoms with Crippen molar-refractivity contribution < 1.29 is 0 Å². The molecule has 0 amide bonds. The van der Waals surface area contributed by atoms with Gasteiger partial charge in [-0.3, -0.25) is 4.68 Å². The normalized spacial score (nSPS) is 12.6. The van der Waals surface area contributed by atoms with Gasteiger partial charge in [0.25, 0.3) is 0 Å². The Morgan fingerprint density at radius 1 is 1.24 bits per heavy atom. The van der Waals surface area contributed by atoms with Gasteiger partial charge in [0.05, 0.1) is 5.69 Å². The van der Waals surface area contributed by atoms with Gasteiger partial charge >= 0.3 is 0 Å². The zero-order valence-corrected chi connectivity index (χ0v) is 14.2. The van der Waals surface area contributed by atoms with Crippen molar-refractivity contribution in [2.75, 3.05) is 12.3 Å². The molecule has 0 saturated carbocycles. The van der Waals surface area contributed by atoms with E-state index in [1.165, 1.54) is 16.2 Å². The van der Waals surface area contributed by atoms with Gasteiger partial charge in [-0.25, -0.2) is 0 Å². The molecule has 0 fully saturated rings. The average Bonchev–Trinajstić information content (AvgIpc) is 2.79. The van der Waals surface area contributed by atoms with Crippen LogP contribution in [0, 0.1) is 13.8 Å².